The van der Waals surface area contributed by atoms with Crippen LogP contribution in [0.25, 0.3) is 0 Å². The number of hydrogen-bond acceptors (Lipinski definition) is 3. The number of hydrogen-bond donors (Lipinski definition) is 0. The van der Waals surface area contributed by atoms with Crippen molar-refractivity contribution in [3.05, 3.63) is 74.1 Å². The van der Waals surface area contributed by atoms with Crippen LogP contribution in [0.15, 0.2) is 58.4 Å². The van der Waals surface area contributed by atoms with E-state index in [1.54, 1.807) is 23.5 Å². The van der Waals surface area contributed by atoms with E-state index in [9.17, 15) is 4.39 Å². The highest BCUT2D eigenvalue weighted by molar-refractivity contribution is 9.11. The highest BCUT2D eigenvalue weighted by Gasteiger charge is 2.04. The van der Waals surface area contributed by atoms with Crippen molar-refractivity contribution in [2.75, 3.05) is 0 Å². The summed E-state index contributed by atoms with van der Waals surface area (Å²) in [6.07, 6.45) is 0. The number of rotatable bonds is 5. The molecule has 3 rings (SSSR count). The molecule has 0 spiro atoms. The second kappa shape index (κ2) is 7.34. The van der Waals surface area contributed by atoms with Crippen LogP contribution in [0.4, 0.5) is 4.39 Å². The van der Waals surface area contributed by atoms with Crippen molar-refractivity contribution in [1.29, 1.82) is 0 Å². The van der Waals surface area contributed by atoms with Gasteiger partial charge < -0.3 is 9.47 Å². The summed E-state index contributed by atoms with van der Waals surface area (Å²) < 4.78 is 25.5. The molecule has 0 atom stereocenters. The number of ether oxygens (including phenoxy) is 2. The molecule has 1 heterocycles. The molecule has 0 amide bonds. The van der Waals surface area contributed by atoms with Crippen molar-refractivity contribution >= 4 is 38.9 Å². The molecule has 6 heteroatoms. The number of benzene rings is 2. The number of halogens is 3. The lowest BCUT2D eigenvalue weighted by Gasteiger charge is -2.08. The molecule has 0 saturated carbocycles. The second-order valence-corrected chi connectivity index (χ2v) is 7.60. The third-order valence-corrected chi connectivity index (χ3v) is 4.85. The van der Waals surface area contributed by atoms with E-state index in [0.717, 1.165) is 14.4 Å². The summed E-state index contributed by atoms with van der Waals surface area (Å²) >= 11 is 10.8. The topological polar surface area (TPSA) is 18.5 Å². The van der Waals surface area contributed by atoms with E-state index < -0.39 is 5.82 Å². The third kappa shape index (κ3) is 4.47. The fourth-order valence-electron chi connectivity index (χ4n) is 1.86. The lowest BCUT2D eigenvalue weighted by atomic mass is 10.3. The van der Waals surface area contributed by atoms with Gasteiger partial charge in [0.05, 0.1) is 8.81 Å². The van der Waals surface area contributed by atoms with Gasteiger partial charge in [0.25, 0.3) is 0 Å². The molecular weight excluding hydrogens is 403 g/mol. The highest BCUT2D eigenvalue weighted by atomic mass is 79.9. The molecule has 0 unspecified atom stereocenters. The van der Waals surface area contributed by atoms with Gasteiger partial charge in [0.2, 0.25) is 0 Å². The molecule has 0 aliphatic rings. The van der Waals surface area contributed by atoms with Crippen molar-refractivity contribution < 1.29 is 13.9 Å². The van der Waals surface area contributed by atoms with Crippen LogP contribution >= 0.6 is 38.9 Å². The Labute approximate surface area is 150 Å². The number of thiophene rings is 1. The van der Waals surface area contributed by atoms with Gasteiger partial charge in [-0.25, -0.2) is 4.39 Å². The molecule has 0 saturated heterocycles. The maximum absolute atomic E-state index is 13.1. The Morgan fingerprint density at radius 3 is 2.30 bits per heavy atom. The van der Waals surface area contributed by atoms with Gasteiger partial charge in [-0.05, 0) is 64.5 Å². The van der Waals surface area contributed by atoms with Crippen molar-refractivity contribution in [3.8, 4) is 17.2 Å². The first kappa shape index (κ1) is 16.3. The maximum Gasteiger partial charge on any atom is 0.142 e. The minimum Gasteiger partial charge on any atom is -0.488 e. The quantitative estimate of drug-likeness (QED) is 0.465. The lowest BCUT2D eigenvalue weighted by molar-refractivity contribution is 0.309. The molecule has 0 fully saturated rings. The average molecular weight is 414 g/mol. The predicted octanol–water partition coefficient (Wildman–Crippen LogP) is 6.67. The summed E-state index contributed by atoms with van der Waals surface area (Å²) in [5.74, 6) is 1.38. The Hall–Kier alpha value is -1.56. The molecule has 2 aromatic carbocycles. The van der Waals surface area contributed by atoms with Crippen LogP contribution in [0.1, 0.15) is 4.88 Å². The standard InChI is InChI=1S/C17H11BrClFO2S/c18-17-8-6-14(23-17)10-21-11-1-3-12(4-2-11)22-13-5-7-16(20)15(19)9-13/h1-9H,10H2. The molecular formula is C17H11BrClFO2S. The van der Waals surface area contributed by atoms with Gasteiger partial charge in [-0.3, -0.25) is 0 Å². The monoisotopic (exact) mass is 412 g/mol. The summed E-state index contributed by atoms with van der Waals surface area (Å²) in [5.41, 5.74) is 0. The molecule has 23 heavy (non-hydrogen) atoms. The zero-order valence-electron chi connectivity index (χ0n) is 11.8. The molecule has 118 valence electrons. The zero-order chi connectivity index (χ0) is 16.2. The average Bonchev–Trinajstić information content (AvgIpc) is 2.96. The van der Waals surface area contributed by atoms with Gasteiger partial charge in [-0.2, -0.15) is 0 Å². The van der Waals surface area contributed by atoms with Gasteiger partial charge >= 0.3 is 0 Å². The van der Waals surface area contributed by atoms with Crippen LogP contribution in [0.5, 0.6) is 17.2 Å². The molecule has 0 radical (unpaired) electrons. The Bertz CT molecular complexity index is 805. The highest BCUT2D eigenvalue weighted by Crippen LogP contribution is 2.28. The van der Waals surface area contributed by atoms with Gasteiger partial charge in [0.15, 0.2) is 0 Å². The minimum atomic E-state index is -0.469. The molecule has 0 aliphatic carbocycles. The van der Waals surface area contributed by atoms with Crippen LogP contribution in [0.3, 0.4) is 0 Å². The molecule has 0 bridgehead atoms. The van der Waals surface area contributed by atoms with E-state index in [2.05, 4.69) is 15.9 Å². The van der Waals surface area contributed by atoms with E-state index in [-0.39, 0.29) is 5.02 Å². The van der Waals surface area contributed by atoms with Crippen molar-refractivity contribution in [3.63, 3.8) is 0 Å². The molecule has 0 N–H and O–H groups in total. The first-order valence-electron chi connectivity index (χ1n) is 6.70. The molecule has 1 aromatic heterocycles. The molecule has 0 aliphatic heterocycles. The fourth-order valence-corrected chi connectivity index (χ4v) is 3.43. The Morgan fingerprint density at radius 1 is 0.957 bits per heavy atom. The van der Waals surface area contributed by atoms with Crippen molar-refractivity contribution in [1.82, 2.24) is 0 Å². The van der Waals surface area contributed by atoms with E-state index in [1.807, 2.05) is 24.3 Å². The predicted molar refractivity (Wildman–Crippen MR) is 94.3 cm³/mol. The van der Waals surface area contributed by atoms with Crippen molar-refractivity contribution in [2.45, 2.75) is 6.61 Å². The second-order valence-electron chi connectivity index (χ2n) is 4.64. The molecule has 2 nitrogen and oxygen atoms in total. The van der Waals surface area contributed by atoms with Crippen LogP contribution in [0.2, 0.25) is 5.02 Å². The van der Waals surface area contributed by atoms with Gasteiger partial charge in [-0.15, -0.1) is 11.3 Å². The third-order valence-electron chi connectivity index (χ3n) is 2.96. The maximum atomic E-state index is 13.1. The van der Waals surface area contributed by atoms with Crippen molar-refractivity contribution in [2.24, 2.45) is 0 Å². The smallest absolute Gasteiger partial charge is 0.142 e. The largest absolute Gasteiger partial charge is 0.488 e. The first-order chi connectivity index (χ1) is 11.1. The van der Waals surface area contributed by atoms with E-state index in [0.29, 0.717) is 18.1 Å². The minimum absolute atomic E-state index is 0.0320. The fraction of sp³-hybridized carbons (Fsp3) is 0.0588. The summed E-state index contributed by atoms with van der Waals surface area (Å²) in [6, 6.07) is 15.5. The van der Waals surface area contributed by atoms with Crippen LogP contribution in [-0.4, -0.2) is 0 Å². The van der Waals surface area contributed by atoms with E-state index in [1.165, 1.54) is 18.2 Å². The van der Waals surface area contributed by atoms with E-state index >= 15 is 0 Å². The Kier molecular flexibility index (Phi) is 5.20. The van der Waals surface area contributed by atoms with Gasteiger partial charge in [0.1, 0.15) is 29.7 Å². The van der Waals surface area contributed by atoms with Crippen LogP contribution < -0.4 is 9.47 Å². The van der Waals surface area contributed by atoms with Crippen LogP contribution in [0, 0.1) is 5.82 Å². The summed E-state index contributed by atoms with van der Waals surface area (Å²) in [5, 5.41) is 0.0320. The zero-order valence-corrected chi connectivity index (χ0v) is 14.9. The first-order valence-corrected chi connectivity index (χ1v) is 8.69. The Morgan fingerprint density at radius 2 is 1.65 bits per heavy atom. The van der Waals surface area contributed by atoms with Crippen LogP contribution in [-0.2, 0) is 6.61 Å². The lowest BCUT2D eigenvalue weighted by Crippen LogP contribution is -1.92. The SMILES string of the molecule is Fc1ccc(Oc2ccc(OCc3ccc(Br)s3)cc2)cc1Cl. The van der Waals surface area contributed by atoms with E-state index in [4.69, 9.17) is 21.1 Å². The Balaban J connectivity index is 1.61. The van der Waals surface area contributed by atoms with Gasteiger partial charge in [-0.1, -0.05) is 11.6 Å². The molecule has 3 aromatic rings. The summed E-state index contributed by atoms with van der Waals surface area (Å²) in [6.45, 7) is 0.518. The summed E-state index contributed by atoms with van der Waals surface area (Å²) in [4.78, 5) is 1.14. The summed E-state index contributed by atoms with van der Waals surface area (Å²) in [7, 11) is 0. The van der Waals surface area contributed by atoms with Gasteiger partial charge in [0, 0.05) is 10.9 Å². The normalized spacial score (nSPS) is 10.6.